The molecule has 0 saturated carbocycles. The molecule has 3 N–H and O–H groups in total. The summed E-state index contributed by atoms with van der Waals surface area (Å²) in [6.45, 7) is -1.55. The van der Waals surface area contributed by atoms with Gasteiger partial charge >= 0.3 is 6.61 Å². The van der Waals surface area contributed by atoms with E-state index in [0.717, 1.165) is 37.3 Å². The van der Waals surface area contributed by atoms with Crippen LogP contribution in [0, 0.1) is 10.1 Å². The summed E-state index contributed by atoms with van der Waals surface area (Å²) < 4.78 is 28.9. The average Bonchev–Trinajstić information content (AvgIpc) is 2.68. The second-order valence-electron chi connectivity index (χ2n) is 6.51. The number of benzene rings is 1. The third-order valence-electron chi connectivity index (χ3n) is 4.54. The van der Waals surface area contributed by atoms with Crippen molar-refractivity contribution in [2.45, 2.75) is 25.5 Å². The monoisotopic (exact) mass is 407 g/mol. The number of hydrogen-bond donors (Lipinski definition) is 2. The Balaban J connectivity index is 1.71. The number of carbonyl (C=O) groups excluding carboxylic acids is 1. The Morgan fingerprint density at radius 3 is 2.72 bits per heavy atom. The van der Waals surface area contributed by atoms with E-state index in [2.05, 4.69) is 19.9 Å². The van der Waals surface area contributed by atoms with Crippen LogP contribution >= 0.6 is 0 Å². The topological polar surface area (TPSA) is 124 Å². The standard InChI is InChI=1S/C18H19F2N5O4/c19-18(20)29-14-5-3-12(4-6-14)24-7-1-2-11(10-24)23-17-15(16(21)26)8-13(9-22-17)25(27)28/h3-6,8-9,11,18H,1-2,7,10H2,(H2,21,26)(H,22,23). The number of nitrogens with one attached hydrogen (secondary N) is 1. The number of primary amides is 1. The normalized spacial score (nSPS) is 16.5. The number of anilines is 2. The van der Waals surface area contributed by atoms with Crippen molar-refractivity contribution in [3.05, 3.63) is 52.2 Å². The van der Waals surface area contributed by atoms with Gasteiger partial charge in [-0.15, -0.1) is 0 Å². The minimum atomic E-state index is -2.88. The molecule has 154 valence electrons. The van der Waals surface area contributed by atoms with Crippen molar-refractivity contribution in [3.8, 4) is 5.75 Å². The summed E-state index contributed by atoms with van der Waals surface area (Å²) in [6.07, 6.45) is 2.70. The van der Waals surface area contributed by atoms with Crippen LogP contribution in [0.3, 0.4) is 0 Å². The van der Waals surface area contributed by atoms with E-state index in [0.29, 0.717) is 6.54 Å². The van der Waals surface area contributed by atoms with Crippen LogP contribution in [0.2, 0.25) is 0 Å². The molecule has 0 aliphatic carbocycles. The number of amides is 1. The Kier molecular flexibility index (Phi) is 6.05. The second-order valence-corrected chi connectivity index (χ2v) is 6.51. The molecule has 11 heteroatoms. The highest BCUT2D eigenvalue weighted by atomic mass is 19.3. The smallest absolute Gasteiger partial charge is 0.387 e. The largest absolute Gasteiger partial charge is 0.435 e. The second kappa shape index (κ2) is 8.67. The summed E-state index contributed by atoms with van der Waals surface area (Å²) in [7, 11) is 0. The highest BCUT2D eigenvalue weighted by molar-refractivity contribution is 5.98. The molecule has 0 spiro atoms. The number of piperidine rings is 1. The van der Waals surface area contributed by atoms with Gasteiger partial charge < -0.3 is 20.7 Å². The molecule has 1 aromatic heterocycles. The minimum Gasteiger partial charge on any atom is -0.435 e. The highest BCUT2D eigenvalue weighted by Gasteiger charge is 2.23. The van der Waals surface area contributed by atoms with E-state index in [1.165, 1.54) is 12.1 Å². The van der Waals surface area contributed by atoms with Gasteiger partial charge in [-0.05, 0) is 37.1 Å². The van der Waals surface area contributed by atoms with Gasteiger partial charge in [-0.2, -0.15) is 8.78 Å². The molecule has 3 rings (SSSR count). The maximum absolute atomic E-state index is 12.3. The lowest BCUT2D eigenvalue weighted by atomic mass is 10.0. The summed E-state index contributed by atoms with van der Waals surface area (Å²) in [4.78, 5) is 28.0. The molecular weight excluding hydrogens is 388 g/mol. The molecule has 1 atom stereocenters. The number of pyridine rings is 1. The highest BCUT2D eigenvalue weighted by Crippen LogP contribution is 2.26. The number of rotatable bonds is 7. The number of aromatic nitrogens is 1. The summed E-state index contributed by atoms with van der Waals surface area (Å²) in [5, 5.41) is 14.0. The number of nitrogens with zero attached hydrogens (tertiary/aromatic N) is 3. The number of alkyl halides is 2. The fourth-order valence-corrected chi connectivity index (χ4v) is 3.22. The zero-order valence-corrected chi connectivity index (χ0v) is 15.3. The molecule has 9 nitrogen and oxygen atoms in total. The Bertz CT molecular complexity index is 894. The summed E-state index contributed by atoms with van der Waals surface area (Å²) in [6, 6.07) is 7.34. The van der Waals surface area contributed by atoms with Crippen molar-refractivity contribution in [2.75, 3.05) is 23.3 Å². The van der Waals surface area contributed by atoms with Crippen LogP contribution in [0.4, 0.5) is 26.0 Å². The fourth-order valence-electron chi connectivity index (χ4n) is 3.22. The summed E-state index contributed by atoms with van der Waals surface area (Å²) in [5.41, 5.74) is 5.81. The predicted octanol–water partition coefficient (Wildman–Crippen LogP) is 2.77. The zero-order valence-electron chi connectivity index (χ0n) is 15.3. The van der Waals surface area contributed by atoms with Crippen LogP contribution in [-0.2, 0) is 0 Å². The Labute approximate surface area is 164 Å². The van der Waals surface area contributed by atoms with E-state index >= 15 is 0 Å². The summed E-state index contributed by atoms with van der Waals surface area (Å²) >= 11 is 0. The molecule has 1 aliphatic rings. The van der Waals surface area contributed by atoms with Crippen molar-refractivity contribution < 1.29 is 23.2 Å². The van der Waals surface area contributed by atoms with E-state index in [1.807, 2.05) is 0 Å². The van der Waals surface area contributed by atoms with E-state index in [4.69, 9.17) is 5.73 Å². The summed E-state index contributed by atoms with van der Waals surface area (Å²) in [5.74, 6) is -0.543. The predicted molar refractivity (Wildman–Crippen MR) is 101 cm³/mol. The van der Waals surface area contributed by atoms with Gasteiger partial charge in [0, 0.05) is 30.9 Å². The lowest BCUT2D eigenvalue weighted by Crippen LogP contribution is -2.42. The molecular formula is C18H19F2N5O4. The van der Waals surface area contributed by atoms with Gasteiger partial charge in [0.1, 0.15) is 17.8 Å². The number of halogens is 2. The van der Waals surface area contributed by atoms with Gasteiger partial charge in [-0.3, -0.25) is 14.9 Å². The molecule has 1 fully saturated rings. The van der Waals surface area contributed by atoms with Crippen LogP contribution in [-0.4, -0.2) is 41.6 Å². The maximum Gasteiger partial charge on any atom is 0.387 e. The minimum absolute atomic E-state index is 0.0511. The molecule has 2 aromatic rings. The van der Waals surface area contributed by atoms with Crippen molar-refractivity contribution >= 4 is 23.1 Å². The molecule has 1 aliphatic heterocycles. The third-order valence-corrected chi connectivity index (χ3v) is 4.54. The first-order valence-corrected chi connectivity index (χ1v) is 8.84. The molecule has 1 saturated heterocycles. The molecule has 0 radical (unpaired) electrons. The lowest BCUT2D eigenvalue weighted by molar-refractivity contribution is -0.385. The van der Waals surface area contributed by atoms with Crippen molar-refractivity contribution in [3.63, 3.8) is 0 Å². The van der Waals surface area contributed by atoms with Crippen LogP contribution in [0.15, 0.2) is 36.5 Å². The van der Waals surface area contributed by atoms with Crippen LogP contribution in [0.5, 0.6) is 5.75 Å². The van der Waals surface area contributed by atoms with Crippen LogP contribution in [0.1, 0.15) is 23.2 Å². The maximum atomic E-state index is 12.3. The number of nitro groups is 1. The van der Waals surface area contributed by atoms with Crippen molar-refractivity contribution in [2.24, 2.45) is 5.73 Å². The van der Waals surface area contributed by atoms with Gasteiger partial charge in [-0.1, -0.05) is 0 Å². The number of carbonyl (C=O) groups is 1. The fraction of sp³-hybridized carbons (Fsp3) is 0.333. The lowest BCUT2D eigenvalue weighted by Gasteiger charge is -2.35. The van der Waals surface area contributed by atoms with Gasteiger partial charge in [0.15, 0.2) is 0 Å². The first kappa shape index (κ1) is 20.2. The number of ether oxygens (including phenoxy) is 1. The van der Waals surface area contributed by atoms with Gasteiger partial charge in [0.2, 0.25) is 0 Å². The van der Waals surface area contributed by atoms with Crippen LogP contribution < -0.4 is 20.7 Å². The first-order chi connectivity index (χ1) is 13.8. The molecule has 1 aromatic carbocycles. The number of nitrogens with two attached hydrogens (primary N) is 1. The van der Waals surface area contributed by atoms with E-state index in [9.17, 15) is 23.7 Å². The van der Waals surface area contributed by atoms with Gasteiger partial charge in [0.25, 0.3) is 11.6 Å². The molecule has 29 heavy (non-hydrogen) atoms. The van der Waals surface area contributed by atoms with E-state index in [-0.39, 0.29) is 28.9 Å². The third kappa shape index (κ3) is 5.06. The van der Waals surface area contributed by atoms with E-state index in [1.54, 1.807) is 12.1 Å². The Morgan fingerprint density at radius 1 is 1.38 bits per heavy atom. The van der Waals surface area contributed by atoms with Crippen molar-refractivity contribution in [1.29, 1.82) is 0 Å². The zero-order chi connectivity index (χ0) is 21.0. The van der Waals surface area contributed by atoms with E-state index < -0.39 is 17.4 Å². The SMILES string of the molecule is NC(=O)c1cc([N+](=O)[O-])cnc1NC1CCCN(c2ccc(OC(F)F)cc2)C1. The molecule has 0 bridgehead atoms. The Hall–Kier alpha value is -3.50. The van der Waals surface area contributed by atoms with Crippen LogP contribution in [0.25, 0.3) is 0 Å². The van der Waals surface area contributed by atoms with Gasteiger partial charge in [-0.25, -0.2) is 4.98 Å². The average molecular weight is 407 g/mol. The molecule has 1 unspecified atom stereocenters. The number of hydrogen-bond acceptors (Lipinski definition) is 7. The first-order valence-electron chi connectivity index (χ1n) is 8.84. The van der Waals surface area contributed by atoms with Gasteiger partial charge in [0.05, 0.1) is 10.5 Å². The Morgan fingerprint density at radius 2 is 2.10 bits per heavy atom. The van der Waals surface area contributed by atoms with Crippen molar-refractivity contribution in [1.82, 2.24) is 4.98 Å². The molecule has 1 amide bonds. The molecule has 2 heterocycles. The quantitative estimate of drug-likeness (QED) is 0.534.